The van der Waals surface area contributed by atoms with Crippen LogP contribution >= 0.6 is 15.9 Å². The summed E-state index contributed by atoms with van der Waals surface area (Å²) in [5.74, 6) is -1.50. The third-order valence-corrected chi connectivity index (χ3v) is 4.56. The van der Waals surface area contributed by atoms with Gasteiger partial charge in [0.25, 0.3) is 5.56 Å². The Morgan fingerprint density at radius 3 is 2.36 bits per heavy atom. The van der Waals surface area contributed by atoms with Crippen LogP contribution in [0.15, 0.2) is 38.3 Å². The summed E-state index contributed by atoms with van der Waals surface area (Å²) in [6.07, 6.45) is -0.0130. The van der Waals surface area contributed by atoms with Crippen LogP contribution in [-0.4, -0.2) is 27.5 Å². The van der Waals surface area contributed by atoms with Crippen LogP contribution in [0.3, 0.4) is 0 Å². The zero-order valence-corrected chi connectivity index (χ0v) is 17.5. The molecule has 8 nitrogen and oxygen atoms in total. The van der Waals surface area contributed by atoms with E-state index in [4.69, 9.17) is 10.5 Å². The van der Waals surface area contributed by atoms with Crippen LogP contribution in [0.2, 0.25) is 0 Å². The average molecular weight is 452 g/mol. The first kappa shape index (κ1) is 21.6. The fourth-order valence-electron chi connectivity index (χ4n) is 2.63. The van der Waals surface area contributed by atoms with Crippen molar-refractivity contribution in [2.24, 2.45) is 13.0 Å². The number of hydrogen-bond donors (Lipinski definition) is 1. The smallest absolute Gasteiger partial charge is 0.332 e. The topological polar surface area (TPSA) is 113 Å². The van der Waals surface area contributed by atoms with E-state index in [9.17, 15) is 19.2 Å². The first-order valence-corrected chi connectivity index (χ1v) is 9.43. The second-order valence-electron chi connectivity index (χ2n) is 6.80. The van der Waals surface area contributed by atoms with E-state index in [-0.39, 0.29) is 30.3 Å². The van der Waals surface area contributed by atoms with E-state index < -0.39 is 29.6 Å². The quantitative estimate of drug-likeness (QED) is 0.504. The van der Waals surface area contributed by atoms with Crippen LogP contribution in [0.4, 0.5) is 5.82 Å². The standard InChI is InChI=1S/C19H22BrN3O5/c1-11(2)9-23-17(21)16(18(26)22(3)19(23)27)14(24)10-28-15(25)8-12-4-6-13(20)7-5-12/h4-7,11H,8-10,21H2,1-3H3. The van der Waals surface area contributed by atoms with Gasteiger partial charge in [-0.2, -0.15) is 0 Å². The van der Waals surface area contributed by atoms with Crippen molar-refractivity contribution in [3.63, 3.8) is 0 Å². The van der Waals surface area contributed by atoms with Gasteiger partial charge in [-0.25, -0.2) is 4.79 Å². The normalized spacial score (nSPS) is 10.9. The second-order valence-corrected chi connectivity index (χ2v) is 7.71. The molecule has 0 amide bonds. The van der Waals surface area contributed by atoms with Crippen molar-refractivity contribution in [2.45, 2.75) is 26.8 Å². The maximum Gasteiger partial charge on any atom is 0.332 e. The lowest BCUT2D eigenvalue weighted by molar-refractivity contribution is -0.141. The van der Waals surface area contributed by atoms with Crippen molar-refractivity contribution in [1.82, 2.24) is 9.13 Å². The number of hydrogen-bond acceptors (Lipinski definition) is 6. The molecule has 0 aliphatic rings. The summed E-state index contributed by atoms with van der Waals surface area (Å²) in [6, 6.07) is 7.08. The van der Waals surface area contributed by atoms with E-state index in [1.54, 1.807) is 24.3 Å². The van der Waals surface area contributed by atoms with Gasteiger partial charge in [0.15, 0.2) is 6.61 Å². The molecule has 150 valence electrons. The molecular weight excluding hydrogens is 430 g/mol. The number of nitrogens with two attached hydrogens (primary N) is 1. The molecule has 0 fully saturated rings. The molecule has 1 aromatic carbocycles. The number of esters is 1. The zero-order chi connectivity index (χ0) is 21.0. The Bertz CT molecular complexity index is 1010. The lowest BCUT2D eigenvalue weighted by Crippen LogP contribution is -2.43. The minimum absolute atomic E-state index is 0.0130. The van der Waals surface area contributed by atoms with Gasteiger partial charge in [-0.1, -0.05) is 41.9 Å². The van der Waals surface area contributed by atoms with Crippen molar-refractivity contribution in [1.29, 1.82) is 0 Å². The summed E-state index contributed by atoms with van der Waals surface area (Å²) in [4.78, 5) is 49.1. The Morgan fingerprint density at radius 2 is 1.79 bits per heavy atom. The lowest BCUT2D eigenvalue weighted by atomic mass is 10.1. The molecule has 0 radical (unpaired) electrons. The van der Waals surface area contributed by atoms with Crippen molar-refractivity contribution < 1.29 is 14.3 Å². The molecule has 0 spiro atoms. The van der Waals surface area contributed by atoms with E-state index in [2.05, 4.69) is 15.9 Å². The van der Waals surface area contributed by atoms with Gasteiger partial charge in [0.2, 0.25) is 5.78 Å². The van der Waals surface area contributed by atoms with Crippen molar-refractivity contribution in [3.05, 3.63) is 60.7 Å². The van der Waals surface area contributed by atoms with Gasteiger partial charge in [0.05, 0.1) is 6.42 Å². The molecule has 0 unspecified atom stereocenters. The maximum atomic E-state index is 12.5. The molecule has 28 heavy (non-hydrogen) atoms. The summed E-state index contributed by atoms with van der Waals surface area (Å²) in [5.41, 5.74) is 4.90. The summed E-state index contributed by atoms with van der Waals surface area (Å²) in [7, 11) is 1.28. The third kappa shape index (κ3) is 4.98. The molecule has 9 heteroatoms. The number of halogens is 1. The van der Waals surface area contributed by atoms with Crippen LogP contribution in [0.5, 0.6) is 0 Å². The number of aromatic nitrogens is 2. The van der Waals surface area contributed by atoms with Crippen LogP contribution in [0.1, 0.15) is 29.8 Å². The molecule has 0 saturated carbocycles. The van der Waals surface area contributed by atoms with E-state index in [1.807, 2.05) is 13.8 Å². The highest BCUT2D eigenvalue weighted by Gasteiger charge is 2.23. The third-order valence-electron chi connectivity index (χ3n) is 4.04. The molecule has 0 aliphatic heterocycles. The Labute approximate surface area is 170 Å². The predicted octanol–water partition coefficient (Wildman–Crippen LogP) is 1.52. The Hall–Kier alpha value is -2.68. The Kier molecular flexibility index (Phi) is 6.95. The number of benzene rings is 1. The lowest BCUT2D eigenvalue weighted by Gasteiger charge is -2.16. The Morgan fingerprint density at radius 1 is 1.18 bits per heavy atom. The monoisotopic (exact) mass is 451 g/mol. The van der Waals surface area contributed by atoms with Crippen molar-refractivity contribution in [2.75, 3.05) is 12.3 Å². The van der Waals surface area contributed by atoms with Crippen molar-refractivity contribution in [3.8, 4) is 0 Å². The molecule has 0 bridgehead atoms. The predicted molar refractivity (Wildman–Crippen MR) is 108 cm³/mol. The summed E-state index contributed by atoms with van der Waals surface area (Å²) in [5, 5.41) is 0. The number of ether oxygens (including phenoxy) is 1. The molecule has 0 aliphatic carbocycles. The van der Waals surface area contributed by atoms with Gasteiger partial charge >= 0.3 is 11.7 Å². The molecule has 1 heterocycles. The van der Waals surface area contributed by atoms with Gasteiger partial charge in [0, 0.05) is 18.1 Å². The highest BCUT2D eigenvalue weighted by atomic mass is 79.9. The minimum atomic E-state index is -0.809. The molecule has 2 N–H and O–H groups in total. The van der Waals surface area contributed by atoms with Gasteiger partial charge in [-0.15, -0.1) is 0 Å². The fourth-order valence-corrected chi connectivity index (χ4v) is 2.89. The highest BCUT2D eigenvalue weighted by Crippen LogP contribution is 2.12. The van der Waals surface area contributed by atoms with Crippen molar-refractivity contribution >= 4 is 33.5 Å². The molecule has 0 atom stereocenters. The molecule has 1 aromatic heterocycles. The van der Waals surface area contributed by atoms with E-state index in [0.29, 0.717) is 0 Å². The molecule has 2 aromatic rings. The van der Waals surface area contributed by atoms with E-state index in [0.717, 1.165) is 14.6 Å². The van der Waals surface area contributed by atoms with E-state index in [1.165, 1.54) is 11.6 Å². The Balaban J connectivity index is 2.18. The number of carbonyl (C=O) groups excluding carboxylic acids is 2. The number of ketones is 1. The number of carbonyl (C=O) groups is 2. The largest absolute Gasteiger partial charge is 0.457 e. The molecule has 2 rings (SSSR count). The van der Waals surface area contributed by atoms with Crippen LogP contribution in [-0.2, 0) is 29.5 Å². The summed E-state index contributed by atoms with van der Waals surface area (Å²) < 4.78 is 7.89. The van der Waals surface area contributed by atoms with Crippen LogP contribution < -0.4 is 17.0 Å². The summed E-state index contributed by atoms with van der Waals surface area (Å²) in [6.45, 7) is 3.38. The molecule has 0 saturated heterocycles. The van der Waals surface area contributed by atoms with Gasteiger partial charge in [-0.3, -0.25) is 23.5 Å². The van der Waals surface area contributed by atoms with Crippen LogP contribution in [0.25, 0.3) is 0 Å². The van der Waals surface area contributed by atoms with Gasteiger partial charge < -0.3 is 10.5 Å². The molecular formula is C19H22BrN3O5. The number of nitrogen functional groups attached to an aromatic ring is 1. The SMILES string of the molecule is CC(C)Cn1c(N)c(C(=O)COC(=O)Cc2ccc(Br)cc2)c(=O)n(C)c1=O. The van der Waals surface area contributed by atoms with E-state index >= 15 is 0 Å². The fraction of sp³-hybridized carbons (Fsp3) is 0.368. The van der Waals surface area contributed by atoms with Gasteiger partial charge in [0.1, 0.15) is 11.4 Å². The highest BCUT2D eigenvalue weighted by molar-refractivity contribution is 9.10. The second kappa shape index (κ2) is 9.01. The maximum absolute atomic E-state index is 12.5. The minimum Gasteiger partial charge on any atom is -0.457 e. The number of rotatable bonds is 7. The number of nitrogens with zero attached hydrogens (tertiary/aromatic N) is 2. The zero-order valence-electron chi connectivity index (χ0n) is 15.9. The summed E-state index contributed by atoms with van der Waals surface area (Å²) >= 11 is 3.30. The number of Topliss-reactive ketones (excluding diaryl/α,β-unsaturated/α-hetero) is 1. The first-order chi connectivity index (χ1) is 13.1. The van der Waals surface area contributed by atoms with Crippen LogP contribution in [0, 0.1) is 5.92 Å². The van der Waals surface area contributed by atoms with Gasteiger partial charge in [-0.05, 0) is 23.6 Å². The average Bonchev–Trinajstić information content (AvgIpc) is 2.64. The number of anilines is 1. The first-order valence-electron chi connectivity index (χ1n) is 8.64.